The van der Waals surface area contributed by atoms with Gasteiger partial charge in [-0.1, -0.05) is 45.4 Å². The van der Waals surface area contributed by atoms with Crippen molar-refractivity contribution in [2.24, 2.45) is 0 Å². The van der Waals surface area contributed by atoms with Crippen molar-refractivity contribution in [1.82, 2.24) is 4.98 Å². The molecule has 0 bridgehead atoms. The molecular formula is C9H16ClN. The first-order chi connectivity index (χ1) is 5.39. The predicted molar refractivity (Wildman–Crippen MR) is 51.9 cm³/mol. The molecule has 0 radical (unpaired) electrons. The van der Waals surface area contributed by atoms with Crippen molar-refractivity contribution in [1.29, 1.82) is 0 Å². The summed E-state index contributed by atoms with van der Waals surface area (Å²) in [6, 6.07) is 5.41. The second-order valence-electron chi connectivity index (χ2n) is 1.15. The Bertz CT molecular complexity index is 139. The summed E-state index contributed by atoms with van der Waals surface area (Å²) >= 11 is 5.43. The van der Waals surface area contributed by atoms with E-state index in [9.17, 15) is 0 Å². The molecule has 0 spiro atoms. The average molecular weight is 174 g/mol. The molecule has 1 rings (SSSR count). The van der Waals surface area contributed by atoms with E-state index < -0.39 is 0 Å². The van der Waals surface area contributed by atoms with Gasteiger partial charge in [-0.25, -0.2) is 4.98 Å². The fourth-order valence-electron chi connectivity index (χ4n) is 0.342. The zero-order valence-corrected chi connectivity index (χ0v) is 8.39. The minimum absolute atomic E-state index is 0.544. The Morgan fingerprint density at radius 3 is 1.82 bits per heavy atom. The highest BCUT2D eigenvalue weighted by Gasteiger charge is 1.76. The lowest BCUT2D eigenvalue weighted by Crippen LogP contribution is -1.65. The van der Waals surface area contributed by atoms with Crippen LogP contribution in [-0.4, -0.2) is 4.98 Å². The van der Waals surface area contributed by atoms with E-state index in [1.54, 1.807) is 12.3 Å². The maximum atomic E-state index is 5.43. The molecular weight excluding hydrogens is 158 g/mol. The predicted octanol–water partition coefficient (Wildman–Crippen LogP) is 3.79. The number of rotatable bonds is 0. The monoisotopic (exact) mass is 173 g/mol. The summed E-state index contributed by atoms with van der Waals surface area (Å²) in [5, 5.41) is 0.544. The van der Waals surface area contributed by atoms with E-state index in [4.69, 9.17) is 11.6 Å². The van der Waals surface area contributed by atoms with Crippen molar-refractivity contribution in [3.63, 3.8) is 0 Å². The van der Waals surface area contributed by atoms with E-state index in [1.165, 1.54) is 0 Å². The Kier molecular flexibility index (Phi) is 14.4. The second kappa shape index (κ2) is 12.1. The van der Waals surface area contributed by atoms with E-state index in [-0.39, 0.29) is 0 Å². The minimum Gasteiger partial charge on any atom is -0.245 e. The molecule has 2 heteroatoms. The van der Waals surface area contributed by atoms with Crippen LogP contribution in [0.1, 0.15) is 27.7 Å². The zero-order valence-electron chi connectivity index (χ0n) is 7.63. The van der Waals surface area contributed by atoms with Gasteiger partial charge in [0.05, 0.1) is 0 Å². The van der Waals surface area contributed by atoms with Crippen LogP contribution in [0.5, 0.6) is 0 Å². The lowest BCUT2D eigenvalue weighted by Gasteiger charge is -1.79. The molecule has 1 aromatic rings. The summed E-state index contributed by atoms with van der Waals surface area (Å²) in [7, 11) is 0. The summed E-state index contributed by atoms with van der Waals surface area (Å²) in [4.78, 5) is 3.74. The number of hydrogen-bond donors (Lipinski definition) is 0. The molecule has 11 heavy (non-hydrogen) atoms. The maximum absolute atomic E-state index is 5.43. The fraction of sp³-hybridized carbons (Fsp3) is 0.444. The number of hydrogen-bond acceptors (Lipinski definition) is 1. The molecule has 1 heterocycles. The smallest absolute Gasteiger partial charge is 0.129 e. The van der Waals surface area contributed by atoms with Gasteiger partial charge in [-0.2, -0.15) is 0 Å². The molecule has 64 valence electrons. The summed E-state index contributed by atoms with van der Waals surface area (Å²) in [6.45, 7) is 8.00. The van der Waals surface area contributed by atoms with E-state index in [0.29, 0.717) is 5.15 Å². The highest BCUT2D eigenvalue weighted by Crippen LogP contribution is 1.98. The maximum Gasteiger partial charge on any atom is 0.129 e. The standard InChI is InChI=1S/C5H4ClN.2C2H6/c6-5-3-1-2-4-7-5;2*1-2/h1-4H;2*1-2H3. The van der Waals surface area contributed by atoms with Crippen molar-refractivity contribution >= 4 is 11.6 Å². The van der Waals surface area contributed by atoms with Crippen LogP contribution in [0, 0.1) is 0 Å². The topological polar surface area (TPSA) is 12.9 Å². The van der Waals surface area contributed by atoms with E-state index in [1.807, 2.05) is 39.8 Å². The molecule has 0 aromatic carbocycles. The van der Waals surface area contributed by atoms with Crippen LogP contribution < -0.4 is 0 Å². The van der Waals surface area contributed by atoms with Crippen molar-refractivity contribution in [2.45, 2.75) is 27.7 Å². The molecule has 0 aliphatic heterocycles. The number of nitrogens with zero attached hydrogens (tertiary/aromatic N) is 1. The van der Waals surface area contributed by atoms with Crippen molar-refractivity contribution in [3.05, 3.63) is 29.5 Å². The molecule has 0 saturated carbocycles. The Hall–Kier alpha value is -0.560. The van der Waals surface area contributed by atoms with Crippen LogP contribution in [0.3, 0.4) is 0 Å². The average Bonchev–Trinajstić information content (AvgIpc) is 2.13. The fourth-order valence-corrected chi connectivity index (χ4v) is 0.471. The quantitative estimate of drug-likeness (QED) is 0.544. The Morgan fingerprint density at radius 2 is 1.64 bits per heavy atom. The number of pyridine rings is 1. The van der Waals surface area contributed by atoms with Gasteiger partial charge in [-0.15, -0.1) is 0 Å². The first-order valence-corrected chi connectivity index (χ1v) is 4.34. The first kappa shape index (κ1) is 13.1. The first-order valence-electron chi connectivity index (χ1n) is 3.96. The molecule has 0 amide bonds. The number of aromatic nitrogens is 1. The summed E-state index contributed by atoms with van der Waals surface area (Å²) < 4.78 is 0. The largest absolute Gasteiger partial charge is 0.245 e. The van der Waals surface area contributed by atoms with Gasteiger partial charge in [0.1, 0.15) is 5.15 Å². The zero-order chi connectivity index (χ0) is 9.11. The second-order valence-corrected chi connectivity index (χ2v) is 1.54. The van der Waals surface area contributed by atoms with Crippen molar-refractivity contribution < 1.29 is 0 Å². The molecule has 1 aromatic heterocycles. The van der Waals surface area contributed by atoms with Gasteiger partial charge in [-0.05, 0) is 12.1 Å². The third-order valence-corrected chi connectivity index (χ3v) is 0.852. The molecule has 0 atom stereocenters. The van der Waals surface area contributed by atoms with Gasteiger partial charge in [0.15, 0.2) is 0 Å². The molecule has 0 fully saturated rings. The van der Waals surface area contributed by atoms with Crippen LogP contribution in [-0.2, 0) is 0 Å². The summed E-state index contributed by atoms with van der Waals surface area (Å²) in [6.07, 6.45) is 1.66. The van der Waals surface area contributed by atoms with Crippen LogP contribution in [0.2, 0.25) is 5.15 Å². The Morgan fingerprint density at radius 1 is 1.09 bits per heavy atom. The van der Waals surface area contributed by atoms with Crippen LogP contribution in [0.15, 0.2) is 24.4 Å². The van der Waals surface area contributed by atoms with Crippen molar-refractivity contribution in [3.8, 4) is 0 Å². The highest BCUT2D eigenvalue weighted by molar-refractivity contribution is 6.29. The van der Waals surface area contributed by atoms with Gasteiger partial charge in [0.25, 0.3) is 0 Å². The normalized spacial score (nSPS) is 6.64. The van der Waals surface area contributed by atoms with Crippen LogP contribution in [0.4, 0.5) is 0 Å². The van der Waals surface area contributed by atoms with Gasteiger partial charge in [-0.3, -0.25) is 0 Å². The minimum atomic E-state index is 0.544. The Labute approximate surface area is 74.4 Å². The lowest BCUT2D eigenvalue weighted by atomic mass is 10.5. The van der Waals surface area contributed by atoms with E-state index in [2.05, 4.69) is 4.98 Å². The van der Waals surface area contributed by atoms with Crippen LogP contribution >= 0.6 is 11.6 Å². The van der Waals surface area contributed by atoms with Gasteiger partial charge in [0, 0.05) is 6.20 Å². The molecule has 0 unspecified atom stereocenters. The van der Waals surface area contributed by atoms with Crippen LogP contribution in [0.25, 0.3) is 0 Å². The number of halogens is 1. The molecule has 0 N–H and O–H groups in total. The van der Waals surface area contributed by atoms with Gasteiger partial charge >= 0.3 is 0 Å². The Balaban J connectivity index is 0. The van der Waals surface area contributed by atoms with Crippen molar-refractivity contribution in [2.75, 3.05) is 0 Å². The van der Waals surface area contributed by atoms with E-state index in [0.717, 1.165) is 0 Å². The molecule has 0 saturated heterocycles. The van der Waals surface area contributed by atoms with E-state index >= 15 is 0 Å². The highest BCUT2D eigenvalue weighted by atomic mass is 35.5. The van der Waals surface area contributed by atoms with Gasteiger partial charge in [0.2, 0.25) is 0 Å². The summed E-state index contributed by atoms with van der Waals surface area (Å²) in [5.74, 6) is 0. The molecule has 1 nitrogen and oxygen atoms in total. The third-order valence-electron chi connectivity index (χ3n) is 0.629. The van der Waals surface area contributed by atoms with Gasteiger partial charge < -0.3 is 0 Å². The SMILES string of the molecule is CC.CC.Clc1ccccn1. The third kappa shape index (κ3) is 9.44. The molecule has 0 aliphatic carbocycles. The lowest BCUT2D eigenvalue weighted by molar-refractivity contribution is 1.33. The molecule has 0 aliphatic rings. The summed E-state index contributed by atoms with van der Waals surface area (Å²) in [5.41, 5.74) is 0.